The van der Waals surface area contributed by atoms with Crippen molar-refractivity contribution in [1.82, 2.24) is 4.98 Å². The first kappa shape index (κ1) is 10.6. The summed E-state index contributed by atoms with van der Waals surface area (Å²) >= 11 is 1.79. The van der Waals surface area contributed by atoms with Crippen molar-refractivity contribution in [3.8, 4) is 0 Å². The maximum absolute atomic E-state index is 12.3. The van der Waals surface area contributed by atoms with E-state index in [1.54, 1.807) is 22.6 Å². The van der Waals surface area contributed by atoms with Crippen LogP contribution in [0.3, 0.4) is 0 Å². The Labute approximate surface area is 87.7 Å². The van der Waals surface area contributed by atoms with Crippen molar-refractivity contribution >= 4 is 28.4 Å². The third kappa shape index (κ3) is 2.25. The number of nitrogens with two attached hydrogens (primary N) is 2. The zero-order chi connectivity index (χ0) is 10.0. The van der Waals surface area contributed by atoms with Crippen LogP contribution in [0.4, 0.5) is 14.6 Å². The van der Waals surface area contributed by atoms with Crippen molar-refractivity contribution in [3.05, 3.63) is 20.9 Å². The van der Waals surface area contributed by atoms with E-state index in [1.165, 1.54) is 6.07 Å². The highest BCUT2D eigenvalue weighted by Gasteiger charge is 2.15. The van der Waals surface area contributed by atoms with E-state index < -0.39 is 6.43 Å². The van der Waals surface area contributed by atoms with E-state index in [0.717, 1.165) is 0 Å². The number of nitrogens with zero attached hydrogens (tertiary/aromatic N) is 1. The highest BCUT2D eigenvalue weighted by Crippen LogP contribution is 2.25. The number of hydrogen-bond donors (Lipinski definition) is 2. The number of halogens is 3. The lowest BCUT2D eigenvalue weighted by Crippen LogP contribution is -2.07. The standard InChI is InChI=1S/C7H8F2IN3/c8-6(9)5-4(10)1-3(2-11)7(12)13-5/h1,6H,2,11H2,(H2,12,13). The Morgan fingerprint density at radius 3 is 2.62 bits per heavy atom. The molecule has 0 unspecified atom stereocenters. The SMILES string of the molecule is NCc1cc(I)c(C(F)F)nc1N. The van der Waals surface area contributed by atoms with Crippen LogP contribution in [0.15, 0.2) is 6.07 Å². The first-order chi connectivity index (χ1) is 6.06. The van der Waals surface area contributed by atoms with Gasteiger partial charge in [-0.3, -0.25) is 0 Å². The minimum absolute atomic E-state index is 0.0817. The summed E-state index contributed by atoms with van der Waals surface area (Å²) in [5.74, 6) is 0.0817. The van der Waals surface area contributed by atoms with Gasteiger partial charge in [0.2, 0.25) is 0 Å². The minimum Gasteiger partial charge on any atom is -0.383 e. The average molecular weight is 299 g/mol. The second-order valence-electron chi connectivity index (χ2n) is 2.40. The molecule has 72 valence electrons. The van der Waals surface area contributed by atoms with Crippen LogP contribution in [0.2, 0.25) is 0 Å². The summed E-state index contributed by atoms with van der Waals surface area (Å²) in [6.45, 7) is 0.207. The van der Waals surface area contributed by atoms with Crippen molar-refractivity contribution in [1.29, 1.82) is 0 Å². The summed E-state index contributed by atoms with van der Waals surface area (Å²) < 4.78 is 25.0. The third-order valence-corrected chi connectivity index (χ3v) is 2.41. The molecule has 4 N–H and O–H groups in total. The van der Waals surface area contributed by atoms with E-state index in [0.29, 0.717) is 9.13 Å². The van der Waals surface area contributed by atoms with Crippen molar-refractivity contribution < 1.29 is 8.78 Å². The maximum atomic E-state index is 12.3. The summed E-state index contributed by atoms with van der Waals surface area (Å²) in [4.78, 5) is 3.58. The Balaban J connectivity index is 3.20. The average Bonchev–Trinajstić information content (AvgIpc) is 2.07. The molecular weight excluding hydrogens is 291 g/mol. The van der Waals surface area contributed by atoms with Crippen LogP contribution < -0.4 is 11.5 Å². The zero-order valence-electron chi connectivity index (χ0n) is 6.60. The molecule has 3 nitrogen and oxygen atoms in total. The van der Waals surface area contributed by atoms with Crippen molar-refractivity contribution in [3.63, 3.8) is 0 Å². The molecular formula is C7H8F2IN3. The normalized spacial score (nSPS) is 10.8. The fourth-order valence-corrected chi connectivity index (χ4v) is 1.60. The van der Waals surface area contributed by atoms with Crippen molar-refractivity contribution in [2.24, 2.45) is 5.73 Å². The molecule has 0 saturated carbocycles. The number of aromatic nitrogens is 1. The lowest BCUT2D eigenvalue weighted by atomic mass is 10.2. The fourth-order valence-electron chi connectivity index (χ4n) is 0.872. The predicted molar refractivity (Wildman–Crippen MR) is 54.2 cm³/mol. The molecule has 0 aliphatic rings. The molecule has 0 aliphatic heterocycles. The predicted octanol–water partition coefficient (Wildman–Crippen LogP) is 1.66. The first-order valence-electron chi connectivity index (χ1n) is 3.49. The van der Waals surface area contributed by atoms with Crippen LogP contribution in [0.25, 0.3) is 0 Å². The third-order valence-electron chi connectivity index (χ3n) is 1.54. The molecule has 1 aromatic rings. The van der Waals surface area contributed by atoms with Crippen LogP contribution in [0.5, 0.6) is 0 Å². The van der Waals surface area contributed by atoms with E-state index in [2.05, 4.69) is 4.98 Å². The molecule has 6 heteroatoms. The molecule has 0 aromatic carbocycles. The van der Waals surface area contributed by atoms with E-state index in [9.17, 15) is 8.78 Å². The van der Waals surface area contributed by atoms with Crippen LogP contribution in [0.1, 0.15) is 17.7 Å². The highest BCUT2D eigenvalue weighted by molar-refractivity contribution is 14.1. The monoisotopic (exact) mass is 299 g/mol. The van der Waals surface area contributed by atoms with Gasteiger partial charge in [0.05, 0.1) is 0 Å². The lowest BCUT2D eigenvalue weighted by Gasteiger charge is -2.07. The Hall–Kier alpha value is -0.500. The molecule has 0 aliphatic carbocycles. The molecule has 13 heavy (non-hydrogen) atoms. The van der Waals surface area contributed by atoms with Crippen LogP contribution >= 0.6 is 22.6 Å². The number of alkyl halides is 2. The molecule has 0 spiro atoms. The summed E-state index contributed by atoms with van der Waals surface area (Å²) in [7, 11) is 0. The van der Waals surface area contributed by atoms with Gasteiger partial charge < -0.3 is 11.5 Å². The number of nitrogen functional groups attached to an aromatic ring is 1. The van der Waals surface area contributed by atoms with Crippen molar-refractivity contribution in [2.75, 3.05) is 5.73 Å². The summed E-state index contributed by atoms with van der Waals surface area (Å²) in [6.07, 6.45) is -2.60. The first-order valence-corrected chi connectivity index (χ1v) is 4.57. The van der Waals surface area contributed by atoms with E-state index in [1.807, 2.05) is 0 Å². The second kappa shape index (κ2) is 4.14. The number of hydrogen-bond acceptors (Lipinski definition) is 3. The van der Waals surface area contributed by atoms with Gasteiger partial charge in [-0.05, 0) is 28.7 Å². The molecule has 1 aromatic heterocycles. The summed E-state index contributed by atoms with van der Waals surface area (Å²) in [5.41, 5.74) is 11.1. The molecule has 1 rings (SSSR count). The summed E-state index contributed by atoms with van der Waals surface area (Å²) in [6, 6.07) is 1.53. The van der Waals surface area contributed by atoms with Gasteiger partial charge in [0.15, 0.2) is 0 Å². The zero-order valence-corrected chi connectivity index (χ0v) is 8.76. The number of anilines is 1. The van der Waals surface area contributed by atoms with Gasteiger partial charge in [-0.2, -0.15) is 0 Å². The Bertz CT molecular complexity index is 317. The second-order valence-corrected chi connectivity index (χ2v) is 3.57. The van der Waals surface area contributed by atoms with Gasteiger partial charge >= 0.3 is 0 Å². The van der Waals surface area contributed by atoms with Crippen molar-refractivity contribution in [2.45, 2.75) is 13.0 Å². The quantitative estimate of drug-likeness (QED) is 0.816. The van der Waals surface area contributed by atoms with E-state index >= 15 is 0 Å². The Morgan fingerprint density at radius 2 is 2.15 bits per heavy atom. The molecule has 0 radical (unpaired) electrons. The van der Waals surface area contributed by atoms with Crippen LogP contribution in [-0.2, 0) is 6.54 Å². The molecule has 0 amide bonds. The van der Waals surface area contributed by atoms with Gasteiger partial charge in [-0.15, -0.1) is 0 Å². The van der Waals surface area contributed by atoms with Gasteiger partial charge in [0, 0.05) is 15.7 Å². The highest BCUT2D eigenvalue weighted by atomic mass is 127. The lowest BCUT2D eigenvalue weighted by molar-refractivity contribution is 0.145. The molecule has 0 bridgehead atoms. The minimum atomic E-state index is -2.60. The molecule has 0 atom stereocenters. The Morgan fingerprint density at radius 1 is 1.54 bits per heavy atom. The smallest absolute Gasteiger partial charge is 0.281 e. The summed E-state index contributed by atoms with van der Waals surface area (Å²) in [5, 5.41) is 0. The van der Waals surface area contributed by atoms with Gasteiger partial charge in [0.1, 0.15) is 11.5 Å². The number of pyridine rings is 1. The van der Waals surface area contributed by atoms with E-state index in [4.69, 9.17) is 11.5 Å². The topological polar surface area (TPSA) is 64.9 Å². The van der Waals surface area contributed by atoms with Crippen LogP contribution in [-0.4, -0.2) is 4.98 Å². The number of rotatable bonds is 2. The molecule has 1 heterocycles. The van der Waals surface area contributed by atoms with Crippen LogP contribution in [0, 0.1) is 3.57 Å². The van der Waals surface area contributed by atoms with E-state index in [-0.39, 0.29) is 18.1 Å². The largest absolute Gasteiger partial charge is 0.383 e. The van der Waals surface area contributed by atoms with Gasteiger partial charge in [-0.1, -0.05) is 0 Å². The fraction of sp³-hybridized carbons (Fsp3) is 0.286. The molecule has 0 saturated heterocycles. The van der Waals surface area contributed by atoms with Gasteiger partial charge in [-0.25, -0.2) is 13.8 Å². The Kier molecular flexibility index (Phi) is 3.37. The maximum Gasteiger partial charge on any atom is 0.281 e. The molecule has 0 fully saturated rings. The van der Waals surface area contributed by atoms with Gasteiger partial charge in [0.25, 0.3) is 6.43 Å².